The minimum absolute atomic E-state index is 0.252. The third-order valence-electron chi connectivity index (χ3n) is 2.64. The normalized spacial score (nSPS) is 10.7. The molecule has 0 bridgehead atoms. The molecule has 0 saturated carbocycles. The highest BCUT2D eigenvalue weighted by Gasteiger charge is 2.09. The van der Waals surface area contributed by atoms with Gasteiger partial charge in [-0.15, -0.1) is 0 Å². The van der Waals surface area contributed by atoms with Crippen LogP contribution in [0.3, 0.4) is 0 Å². The number of pyridine rings is 1. The van der Waals surface area contributed by atoms with Gasteiger partial charge in [0.1, 0.15) is 0 Å². The Labute approximate surface area is 121 Å². The molecule has 2 aromatic heterocycles. The first-order chi connectivity index (χ1) is 8.49. The summed E-state index contributed by atoms with van der Waals surface area (Å²) in [7, 11) is 0. The van der Waals surface area contributed by atoms with Gasteiger partial charge in [0.25, 0.3) is 0 Å². The van der Waals surface area contributed by atoms with E-state index in [-0.39, 0.29) is 5.69 Å². The summed E-state index contributed by atoms with van der Waals surface area (Å²) in [5.74, 6) is 0. The van der Waals surface area contributed by atoms with E-state index in [2.05, 4.69) is 41.8 Å². The van der Waals surface area contributed by atoms with Crippen molar-refractivity contribution >= 4 is 31.9 Å². The highest BCUT2D eigenvalue weighted by atomic mass is 79.9. The van der Waals surface area contributed by atoms with Gasteiger partial charge in [-0.1, -0.05) is 0 Å². The summed E-state index contributed by atoms with van der Waals surface area (Å²) in [5, 5.41) is 0. The largest absolute Gasteiger partial charge is 0.348 e. The Morgan fingerprint density at radius 1 is 1.28 bits per heavy atom. The number of aromatic nitrogens is 3. The molecule has 0 radical (unpaired) electrons. The second-order valence-electron chi connectivity index (χ2n) is 3.93. The molecule has 4 nitrogen and oxygen atoms in total. The first-order valence-corrected chi connectivity index (χ1v) is 6.91. The van der Waals surface area contributed by atoms with E-state index in [1.807, 2.05) is 19.1 Å². The van der Waals surface area contributed by atoms with E-state index >= 15 is 0 Å². The third-order valence-corrected chi connectivity index (χ3v) is 4.26. The summed E-state index contributed by atoms with van der Waals surface area (Å²) in [6.45, 7) is 4.11. The van der Waals surface area contributed by atoms with Gasteiger partial charge in [0, 0.05) is 16.4 Å². The van der Waals surface area contributed by atoms with Crippen LogP contribution in [-0.4, -0.2) is 14.5 Å². The Hall–Kier alpha value is -1.01. The fourth-order valence-corrected chi connectivity index (χ4v) is 2.16. The molecular formula is C12H11Br2N3O. The molecule has 0 aliphatic carbocycles. The summed E-state index contributed by atoms with van der Waals surface area (Å²) in [6, 6.07) is 3.78. The van der Waals surface area contributed by atoms with Crippen molar-refractivity contribution in [2.24, 2.45) is 0 Å². The molecule has 2 heterocycles. The van der Waals surface area contributed by atoms with E-state index < -0.39 is 0 Å². The van der Waals surface area contributed by atoms with Crippen LogP contribution >= 0.6 is 31.9 Å². The van der Waals surface area contributed by atoms with Crippen LogP contribution in [0.4, 0.5) is 0 Å². The predicted octanol–water partition coefficient (Wildman–Crippen LogP) is 2.83. The molecule has 0 N–H and O–H groups in total. The van der Waals surface area contributed by atoms with Gasteiger partial charge < -0.3 is 0 Å². The van der Waals surface area contributed by atoms with Gasteiger partial charge in [-0.05, 0) is 57.8 Å². The Kier molecular flexibility index (Phi) is 3.97. The zero-order valence-corrected chi connectivity index (χ0v) is 13.1. The second kappa shape index (κ2) is 5.32. The molecule has 6 heteroatoms. The summed E-state index contributed by atoms with van der Waals surface area (Å²) in [4.78, 5) is 20.1. The average Bonchev–Trinajstić information content (AvgIpc) is 2.34. The molecule has 0 amide bonds. The standard InChI is InChI=1S/C12H11Br2N3O/c1-7-11(14)8(2)17(12(18)16-7)6-10-4-3-9(13)5-15-10/h3-5H,6H2,1-2H3. The van der Waals surface area contributed by atoms with Gasteiger partial charge in [-0.25, -0.2) is 4.79 Å². The quantitative estimate of drug-likeness (QED) is 0.814. The molecule has 94 valence electrons. The van der Waals surface area contributed by atoms with Crippen LogP contribution in [0.2, 0.25) is 0 Å². The molecule has 0 aromatic carbocycles. The summed E-state index contributed by atoms with van der Waals surface area (Å²) in [5.41, 5.74) is 2.13. The Balaban J connectivity index is 2.44. The number of nitrogens with zero attached hydrogens (tertiary/aromatic N) is 3. The fourth-order valence-electron chi connectivity index (χ4n) is 1.62. The van der Waals surface area contributed by atoms with Crippen LogP contribution in [0.15, 0.2) is 32.1 Å². The minimum Gasteiger partial charge on any atom is -0.289 e. The summed E-state index contributed by atoms with van der Waals surface area (Å²) < 4.78 is 3.38. The number of aryl methyl sites for hydroxylation is 1. The highest BCUT2D eigenvalue weighted by Crippen LogP contribution is 2.17. The maximum Gasteiger partial charge on any atom is 0.348 e. The predicted molar refractivity (Wildman–Crippen MR) is 76.7 cm³/mol. The molecule has 0 fully saturated rings. The molecule has 18 heavy (non-hydrogen) atoms. The van der Waals surface area contributed by atoms with Crippen LogP contribution in [0.1, 0.15) is 17.1 Å². The smallest absolute Gasteiger partial charge is 0.289 e. The lowest BCUT2D eigenvalue weighted by Gasteiger charge is -2.11. The van der Waals surface area contributed by atoms with Crippen LogP contribution in [0.25, 0.3) is 0 Å². The van der Waals surface area contributed by atoms with E-state index in [0.717, 1.165) is 20.3 Å². The fraction of sp³-hybridized carbons (Fsp3) is 0.250. The highest BCUT2D eigenvalue weighted by molar-refractivity contribution is 9.10. The Bertz CT molecular complexity index is 635. The van der Waals surface area contributed by atoms with Crippen molar-refractivity contribution < 1.29 is 0 Å². The van der Waals surface area contributed by atoms with Gasteiger partial charge in [0.05, 0.1) is 22.4 Å². The van der Waals surface area contributed by atoms with Gasteiger partial charge >= 0.3 is 5.69 Å². The average molecular weight is 373 g/mol. The van der Waals surface area contributed by atoms with Crippen LogP contribution < -0.4 is 5.69 Å². The van der Waals surface area contributed by atoms with Crippen LogP contribution in [0, 0.1) is 13.8 Å². The first-order valence-electron chi connectivity index (χ1n) is 5.33. The Morgan fingerprint density at radius 2 is 2.00 bits per heavy atom. The molecule has 2 rings (SSSR count). The maximum absolute atomic E-state index is 11.9. The number of rotatable bonds is 2. The zero-order valence-electron chi connectivity index (χ0n) is 9.94. The molecule has 2 aromatic rings. The number of hydrogen-bond donors (Lipinski definition) is 0. The van der Waals surface area contributed by atoms with Crippen LogP contribution in [0.5, 0.6) is 0 Å². The van der Waals surface area contributed by atoms with Crippen molar-refractivity contribution in [3.05, 3.63) is 54.8 Å². The lowest BCUT2D eigenvalue weighted by atomic mass is 10.3. The van der Waals surface area contributed by atoms with Crippen molar-refractivity contribution in [1.82, 2.24) is 14.5 Å². The third kappa shape index (κ3) is 2.70. The molecule has 0 saturated heterocycles. The van der Waals surface area contributed by atoms with Gasteiger partial charge in [-0.2, -0.15) is 4.98 Å². The number of hydrogen-bond acceptors (Lipinski definition) is 3. The Morgan fingerprint density at radius 3 is 2.61 bits per heavy atom. The summed E-state index contributed by atoms with van der Waals surface area (Å²) in [6.07, 6.45) is 1.71. The molecule has 0 aliphatic heterocycles. The van der Waals surface area contributed by atoms with E-state index in [9.17, 15) is 4.79 Å². The topological polar surface area (TPSA) is 47.8 Å². The second-order valence-corrected chi connectivity index (χ2v) is 5.64. The first kappa shape index (κ1) is 13.4. The van der Waals surface area contributed by atoms with Crippen molar-refractivity contribution in [3.8, 4) is 0 Å². The minimum atomic E-state index is -0.252. The van der Waals surface area contributed by atoms with Crippen molar-refractivity contribution in [3.63, 3.8) is 0 Å². The van der Waals surface area contributed by atoms with Crippen LogP contribution in [-0.2, 0) is 6.54 Å². The van der Waals surface area contributed by atoms with Crippen molar-refractivity contribution in [2.75, 3.05) is 0 Å². The maximum atomic E-state index is 11.9. The molecule has 0 unspecified atom stereocenters. The molecule has 0 aliphatic rings. The van der Waals surface area contributed by atoms with Gasteiger partial charge in [0.2, 0.25) is 0 Å². The molecule has 0 atom stereocenters. The van der Waals surface area contributed by atoms with E-state index in [1.165, 1.54) is 0 Å². The lowest BCUT2D eigenvalue weighted by molar-refractivity contribution is 0.675. The van der Waals surface area contributed by atoms with E-state index in [4.69, 9.17) is 0 Å². The lowest BCUT2D eigenvalue weighted by Crippen LogP contribution is -2.27. The SMILES string of the molecule is Cc1nc(=O)n(Cc2ccc(Br)cn2)c(C)c1Br. The van der Waals surface area contributed by atoms with E-state index in [1.54, 1.807) is 17.7 Å². The van der Waals surface area contributed by atoms with Gasteiger partial charge in [0.15, 0.2) is 0 Å². The number of halogens is 2. The molecular weight excluding hydrogens is 362 g/mol. The van der Waals surface area contributed by atoms with Crippen molar-refractivity contribution in [1.29, 1.82) is 0 Å². The monoisotopic (exact) mass is 371 g/mol. The summed E-state index contributed by atoms with van der Waals surface area (Å²) >= 11 is 6.77. The van der Waals surface area contributed by atoms with E-state index in [0.29, 0.717) is 12.2 Å². The zero-order chi connectivity index (χ0) is 13.3. The van der Waals surface area contributed by atoms with Crippen molar-refractivity contribution in [2.45, 2.75) is 20.4 Å². The molecule has 0 spiro atoms. The van der Waals surface area contributed by atoms with Gasteiger partial charge in [-0.3, -0.25) is 9.55 Å².